The molecule has 84 valence electrons. The zero-order valence-corrected chi connectivity index (χ0v) is 9.86. The minimum Gasteiger partial charge on any atom is -0.103 e. The molecule has 0 saturated heterocycles. The van der Waals surface area contributed by atoms with Crippen LogP contribution in [0.5, 0.6) is 0 Å². The van der Waals surface area contributed by atoms with Gasteiger partial charge in [-0.1, -0.05) is 64.8 Å². The van der Waals surface area contributed by atoms with Crippen molar-refractivity contribution in [3.63, 3.8) is 0 Å². The van der Waals surface area contributed by atoms with Crippen LogP contribution in [0, 0.1) is 5.92 Å². The van der Waals surface area contributed by atoms with Crippen LogP contribution in [-0.2, 0) is 0 Å². The molecular weight excluding hydrogens is 168 g/mol. The average molecular weight is 198 g/mol. The highest BCUT2D eigenvalue weighted by atomic mass is 14.1. The maximum Gasteiger partial charge on any atom is 0.0573 e. The van der Waals surface area contributed by atoms with E-state index in [0.29, 0.717) is 13.0 Å². The van der Waals surface area contributed by atoms with Gasteiger partial charge in [0.25, 0.3) is 0 Å². The fraction of sp³-hybridized carbons (Fsp3) is 0.857. The van der Waals surface area contributed by atoms with Crippen LogP contribution < -0.4 is 0 Å². The molecule has 0 radical (unpaired) electrons. The molecule has 0 nitrogen and oxygen atoms in total. The molecule has 0 saturated carbocycles. The van der Waals surface area contributed by atoms with Crippen molar-refractivity contribution >= 4 is 0 Å². The topological polar surface area (TPSA) is 0 Å². The highest BCUT2D eigenvalue weighted by Gasteiger charge is 1.99. The molecule has 0 N–H and O–H groups in total. The van der Waals surface area contributed by atoms with E-state index in [-0.39, 0.29) is 5.92 Å². The van der Waals surface area contributed by atoms with E-state index in [9.17, 15) is 0 Å². The van der Waals surface area contributed by atoms with Crippen LogP contribution in [0.25, 0.3) is 0 Å². The molecule has 0 aromatic heterocycles. The molecule has 1 unspecified atom stereocenters. The Hall–Kier alpha value is -0.260. The van der Waals surface area contributed by atoms with Gasteiger partial charge >= 0.3 is 0 Å². The van der Waals surface area contributed by atoms with Crippen molar-refractivity contribution in [3.05, 3.63) is 12.6 Å². The van der Waals surface area contributed by atoms with Crippen LogP contribution in [0.4, 0.5) is 0 Å². The Morgan fingerprint density at radius 1 is 1.21 bits per heavy atom. The first-order valence-electron chi connectivity index (χ1n) is 7.37. The summed E-state index contributed by atoms with van der Waals surface area (Å²) in [5, 5.41) is 0. The van der Waals surface area contributed by atoms with Crippen molar-refractivity contribution < 1.29 is 2.74 Å². The zero-order valence-electron chi connectivity index (χ0n) is 11.9. The molecule has 0 aliphatic carbocycles. The highest BCUT2D eigenvalue weighted by molar-refractivity contribution is 4.77. The number of allylic oxidation sites excluding steroid dienone is 1. The second-order valence-corrected chi connectivity index (χ2v) is 4.10. The molecule has 1 atom stereocenters. The SMILES string of the molecule is [2H]CCC(CCCCCCCCC)C([2H])=C. The summed E-state index contributed by atoms with van der Waals surface area (Å²) in [6, 6.07) is 0.526. The van der Waals surface area contributed by atoms with Gasteiger partial charge in [-0.25, -0.2) is 0 Å². The van der Waals surface area contributed by atoms with Gasteiger partial charge in [-0.3, -0.25) is 0 Å². The molecule has 0 heteroatoms. The van der Waals surface area contributed by atoms with Crippen LogP contribution in [0.1, 0.15) is 74.4 Å². The van der Waals surface area contributed by atoms with Crippen LogP contribution in [-0.4, -0.2) is 0 Å². The first-order chi connectivity index (χ1) is 7.72. The van der Waals surface area contributed by atoms with Gasteiger partial charge < -0.3 is 0 Å². The lowest BCUT2D eigenvalue weighted by Crippen LogP contribution is -1.93. The van der Waals surface area contributed by atoms with Crippen molar-refractivity contribution in [1.82, 2.24) is 0 Å². The summed E-state index contributed by atoms with van der Waals surface area (Å²) in [6.07, 6.45) is 11.1. The fourth-order valence-corrected chi connectivity index (χ4v) is 1.70. The van der Waals surface area contributed by atoms with Crippen molar-refractivity contribution in [1.29, 1.82) is 0 Å². The second-order valence-electron chi connectivity index (χ2n) is 4.10. The third-order valence-corrected chi connectivity index (χ3v) is 2.79. The predicted octanol–water partition coefficient (Wildman–Crippen LogP) is 5.34. The average Bonchev–Trinajstić information content (AvgIpc) is 2.26. The van der Waals surface area contributed by atoms with E-state index in [0.717, 1.165) is 12.8 Å². The number of hydrogen-bond acceptors (Lipinski definition) is 0. The van der Waals surface area contributed by atoms with Crippen LogP contribution in [0.3, 0.4) is 0 Å². The zero-order chi connectivity index (χ0) is 12.2. The van der Waals surface area contributed by atoms with E-state index in [1.54, 1.807) is 0 Å². The third-order valence-electron chi connectivity index (χ3n) is 2.79. The van der Waals surface area contributed by atoms with Gasteiger partial charge in [0.1, 0.15) is 0 Å². The summed E-state index contributed by atoms with van der Waals surface area (Å²) < 4.78 is 14.7. The first kappa shape index (κ1) is 10.3. The molecule has 0 rings (SSSR count). The standard InChI is InChI=1S/C14H28/c1-4-7-8-9-10-11-12-13-14(5-2)6-3/h5,14H,2,4,6-13H2,1,3H3/i3D,5D. The van der Waals surface area contributed by atoms with Gasteiger partial charge in [0.05, 0.1) is 1.37 Å². The molecule has 0 amide bonds. The molecule has 0 bridgehead atoms. The maximum atomic E-state index is 7.53. The van der Waals surface area contributed by atoms with E-state index >= 15 is 0 Å². The molecule has 0 spiro atoms. The predicted molar refractivity (Wildman–Crippen MR) is 66.6 cm³/mol. The minimum absolute atomic E-state index is 0.271. The number of hydrogen-bond donors (Lipinski definition) is 0. The summed E-state index contributed by atoms with van der Waals surface area (Å²) in [5.41, 5.74) is 0. The summed E-state index contributed by atoms with van der Waals surface area (Å²) in [5.74, 6) is 0.271. The lowest BCUT2D eigenvalue weighted by atomic mass is 9.98. The Morgan fingerprint density at radius 3 is 2.43 bits per heavy atom. The molecule has 0 aromatic carbocycles. The van der Waals surface area contributed by atoms with E-state index in [4.69, 9.17) is 2.74 Å². The smallest absolute Gasteiger partial charge is 0.0573 e. The Kier molecular flexibility index (Phi) is 7.93. The normalized spacial score (nSPS) is 14.6. The molecule has 0 aliphatic rings. The summed E-state index contributed by atoms with van der Waals surface area (Å²) >= 11 is 0. The van der Waals surface area contributed by atoms with Crippen LogP contribution in [0.2, 0.25) is 0 Å². The van der Waals surface area contributed by atoms with Gasteiger partial charge in [-0.05, 0) is 18.8 Å². The van der Waals surface area contributed by atoms with Crippen molar-refractivity contribution in [3.8, 4) is 0 Å². The van der Waals surface area contributed by atoms with E-state index < -0.39 is 0 Å². The quantitative estimate of drug-likeness (QED) is 0.328. The number of unbranched alkanes of at least 4 members (excludes halogenated alkanes) is 6. The number of rotatable bonds is 10. The summed E-state index contributed by atoms with van der Waals surface area (Å²) in [6.45, 7) is 6.37. The van der Waals surface area contributed by atoms with Gasteiger partial charge in [0.15, 0.2) is 0 Å². The molecule has 14 heavy (non-hydrogen) atoms. The molecule has 0 fully saturated rings. The van der Waals surface area contributed by atoms with Crippen LogP contribution >= 0.6 is 0 Å². The fourth-order valence-electron chi connectivity index (χ4n) is 1.70. The van der Waals surface area contributed by atoms with Gasteiger partial charge in [0.2, 0.25) is 0 Å². The van der Waals surface area contributed by atoms with E-state index in [1.807, 2.05) is 0 Å². The Bertz CT molecular complexity index is 166. The van der Waals surface area contributed by atoms with Crippen LogP contribution in [0.15, 0.2) is 12.6 Å². The first-order valence-corrected chi connectivity index (χ1v) is 6.17. The van der Waals surface area contributed by atoms with E-state index in [1.165, 1.54) is 44.9 Å². The second kappa shape index (κ2) is 10.8. The Balaban J connectivity index is 3.37. The molecular formula is C14H28. The third kappa shape index (κ3) is 8.34. The minimum atomic E-state index is 0.271. The Labute approximate surface area is 93.6 Å². The summed E-state index contributed by atoms with van der Waals surface area (Å²) in [4.78, 5) is 0. The van der Waals surface area contributed by atoms with Gasteiger partial charge in [-0.15, -0.1) is 6.58 Å². The molecule has 0 heterocycles. The molecule has 0 aliphatic heterocycles. The Morgan fingerprint density at radius 2 is 1.86 bits per heavy atom. The maximum absolute atomic E-state index is 7.53. The largest absolute Gasteiger partial charge is 0.103 e. The molecule has 0 aromatic rings. The monoisotopic (exact) mass is 198 g/mol. The highest BCUT2D eigenvalue weighted by Crippen LogP contribution is 2.15. The van der Waals surface area contributed by atoms with Crippen molar-refractivity contribution in [2.75, 3.05) is 0 Å². The summed E-state index contributed by atoms with van der Waals surface area (Å²) in [7, 11) is 0. The van der Waals surface area contributed by atoms with E-state index in [2.05, 4.69) is 13.5 Å². The lowest BCUT2D eigenvalue weighted by Gasteiger charge is -2.08. The van der Waals surface area contributed by atoms with Gasteiger partial charge in [-0.2, -0.15) is 0 Å². The van der Waals surface area contributed by atoms with Crippen molar-refractivity contribution in [2.24, 2.45) is 5.92 Å². The van der Waals surface area contributed by atoms with Crippen molar-refractivity contribution in [2.45, 2.75) is 71.6 Å². The lowest BCUT2D eigenvalue weighted by molar-refractivity contribution is 0.507. The van der Waals surface area contributed by atoms with Gasteiger partial charge in [0, 0.05) is 1.37 Å².